The fourth-order valence-electron chi connectivity index (χ4n) is 2.63. The van der Waals surface area contributed by atoms with E-state index in [0.717, 1.165) is 40.8 Å². The van der Waals surface area contributed by atoms with Crippen LogP contribution in [0.2, 0.25) is 0 Å². The summed E-state index contributed by atoms with van der Waals surface area (Å²) in [4.78, 5) is 1.02. The quantitative estimate of drug-likeness (QED) is 0.943. The molecule has 1 aliphatic heterocycles. The van der Waals surface area contributed by atoms with Crippen LogP contribution in [0.1, 0.15) is 30.7 Å². The van der Waals surface area contributed by atoms with E-state index < -0.39 is 0 Å². The molecule has 0 amide bonds. The van der Waals surface area contributed by atoms with Crippen LogP contribution in [0.3, 0.4) is 0 Å². The van der Waals surface area contributed by atoms with Gasteiger partial charge in [-0.05, 0) is 61.3 Å². The number of hydrogen-bond donors (Lipinski definition) is 1. The number of rotatable bonds is 4. The van der Waals surface area contributed by atoms with E-state index in [1.165, 1.54) is 18.9 Å². The van der Waals surface area contributed by atoms with Crippen molar-refractivity contribution in [1.82, 2.24) is 14.8 Å². The zero-order chi connectivity index (χ0) is 14.7. The molecule has 0 bridgehead atoms. The van der Waals surface area contributed by atoms with Crippen LogP contribution in [-0.2, 0) is 19.4 Å². The van der Waals surface area contributed by atoms with Gasteiger partial charge in [-0.25, -0.2) is 4.39 Å². The molecule has 0 saturated heterocycles. The second-order valence-corrected chi connectivity index (χ2v) is 6.26. The highest BCUT2D eigenvalue weighted by atomic mass is 32.2. The Morgan fingerprint density at radius 2 is 2.14 bits per heavy atom. The van der Waals surface area contributed by atoms with Crippen LogP contribution in [-0.4, -0.2) is 21.3 Å². The number of nitrogens with zero attached hydrogens (tertiary/aromatic N) is 3. The third-order valence-electron chi connectivity index (χ3n) is 3.71. The van der Waals surface area contributed by atoms with E-state index in [1.807, 2.05) is 6.07 Å². The van der Waals surface area contributed by atoms with Crippen molar-refractivity contribution >= 4 is 11.8 Å². The number of aromatic nitrogens is 3. The lowest BCUT2D eigenvalue weighted by molar-refractivity contribution is 0.590. The molecule has 3 rings (SSSR count). The lowest BCUT2D eigenvalue weighted by Crippen LogP contribution is -2.05. The molecule has 1 aliphatic rings. The average molecular weight is 306 g/mol. The summed E-state index contributed by atoms with van der Waals surface area (Å²) >= 11 is 1.56. The van der Waals surface area contributed by atoms with Gasteiger partial charge in [0.15, 0.2) is 5.16 Å². The Balaban J connectivity index is 1.88. The van der Waals surface area contributed by atoms with E-state index in [4.69, 9.17) is 5.73 Å². The lowest BCUT2D eigenvalue weighted by Gasteiger charge is -2.10. The molecule has 112 valence electrons. The molecule has 0 radical (unpaired) electrons. The Morgan fingerprint density at radius 1 is 1.24 bits per heavy atom. The summed E-state index contributed by atoms with van der Waals surface area (Å²) in [7, 11) is 0. The van der Waals surface area contributed by atoms with Crippen LogP contribution in [0.15, 0.2) is 28.3 Å². The van der Waals surface area contributed by atoms with Crippen molar-refractivity contribution in [2.75, 3.05) is 6.54 Å². The van der Waals surface area contributed by atoms with Crippen LogP contribution >= 0.6 is 11.8 Å². The molecule has 0 atom stereocenters. The summed E-state index contributed by atoms with van der Waals surface area (Å²) in [5, 5.41) is 9.51. The molecule has 0 fully saturated rings. The monoisotopic (exact) mass is 306 g/mol. The number of hydrogen-bond acceptors (Lipinski definition) is 4. The number of aryl methyl sites for hydroxylation is 1. The first-order chi connectivity index (χ1) is 10.3. The van der Waals surface area contributed by atoms with E-state index >= 15 is 0 Å². The Kier molecular flexibility index (Phi) is 4.55. The molecule has 2 N–H and O–H groups in total. The molecule has 1 aromatic heterocycles. The van der Waals surface area contributed by atoms with Crippen molar-refractivity contribution in [2.24, 2.45) is 5.73 Å². The number of fused-ring (bicyclic) bond motifs is 1. The van der Waals surface area contributed by atoms with Crippen LogP contribution in [0.5, 0.6) is 0 Å². The van der Waals surface area contributed by atoms with Gasteiger partial charge in [0.1, 0.15) is 11.6 Å². The fourth-order valence-corrected chi connectivity index (χ4v) is 3.64. The second-order valence-electron chi connectivity index (χ2n) is 5.25. The van der Waals surface area contributed by atoms with Gasteiger partial charge >= 0.3 is 0 Å². The van der Waals surface area contributed by atoms with Gasteiger partial charge in [-0.2, -0.15) is 0 Å². The zero-order valence-electron chi connectivity index (χ0n) is 11.9. The molecule has 6 heteroatoms. The molecular formula is C15H19FN4S. The van der Waals surface area contributed by atoms with Gasteiger partial charge < -0.3 is 10.3 Å². The molecule has 0 spiro atoms. The number of nitrogens with two attached hydrogens (primary N) is 1. The van der Waals surface area contributed by atoms with Crippen molar-refractivity contribution in [3.63, 3.8) is 0 Å². The predicted octanol–water partition coefficient (Wildman–Crippen LogP) is 2.80. The van der Waals surface area contributed by atoms with Gasteiger partial charge in [0, 0.05) is 17.9 Å². The highest BCUT2D eigenvalue weighted by Gasteiger charge is 2.16. The van der Waals surface area contributed by atoms with Crippen LogP contribution in [0.25, 0.3) is 0 Å². The standard InChI is InChI=1S/C15H19FN4S/c16-12-5-6-13(11(10-12)7-8-17)21-15-19-18-14-4-2-1-3-9-20(14)15/h5-6,10H,1-4,7-9,17H2. The first kappa shape index (κ1) is 14.5. The Labute approximate surface area is 127 Å². The van der Waals surface area contributed by atoms with Gasteiger partial charge in [-0.15, -0.1) is 10.2 Å². The van der Waals surface area contributed by atoms with Crippen molar-refractivity contribution in [3.8, 4) is 0 Å². The maximum atomic E-state index is 13.4. The Bertz CT molecular complexity index is 626. The smallest absolute Gasteiger partial charge is 0.196 e. The Morgan fingerprint density at radius 3 is 3.00 bits per heavy atom. The summed E-state index contributed by atoms with van der Waals surface area (Å²) in [5.74, 6) is 0.848. The Hall–Kier alpha value is -1.40. The highest BCUT2D eigenvalue weighted by Crippen LogP contribution is 2.31. The molecule has 0 unspecified atom stereocenters. The summed E-state index contributed by atoms with van der Waals surface area (Å²) in [6.07, 6.45) is 5.24. The second kappa shape index (κ2) is 6.58. The molecular weight excluding hydrogens is 287 g/mol. The molecule has 4 nitrogen and oxygen atoms in total. The molecule has 21 heavy (non-hydrogen) atoms. The summed E-state index contributed by atoms with van der Waals surface area (Å²) in [6, 6.07) is 4.86. The maximum absolute atomic E-state index is 13.4. The van der Waals surface area contributed by atoms with Crippen LogP contribution < -0.4 is 5.73 Å². The van der Waals surface area contributed by atoms with Crippen molar-refractivity contribution in [3.05, 3.63) is 35.4 Å². The topological polar surface area (TPSA) is 56.7 Å². The predicted molar refractivity (Wildman–Crippen MR) is 80.9 cm³/mol. The average Bonchev–Trinajstić information content (AvgIpc) is 2.70. The largest absolute Gasteiger partial charge is 0.330 e. The molecule has 0 saturated carbocycles. The van der Waals surface area contributed by atoms with Gasteiger partial charge in [0.05, 0.1) is 0 Å². The zero-order valence-corrected chi connectivity index (χ0v) is 12.7. The van der Waals surface area contributed by atoms with Crippen LogP contribution in [0, 0.1) is 5.82 Å². The van der Waals surface area contributed by atoms with Crippen molar-refractivity contribution < 1.29 is 4.39 Å². The lowest BCUT2D eigenvalue weighted by atomic mass is 10.1. The summed E-state index contributed by atoms with van der Waals surface area (Å²) in [5.41, 5.74) is 6.56. The van der Waals surface area contributed by atoms with E-state index in [-0.39, 0.29) is 5.82 Å². The molecule has 0 aliphatic carbocycles. The third-order valence-corrected chi connectivity index (χ3v) is 4.82. The van der Waals surface area contributed by atoms with E-state index in [9.17, 15) is 4.39 Å². The SMILES string of the molecule is NCCc1cc(F)ccc1Sc1nnc2n1CCCCC2. The van der Waals surface area contributed by atoms with E-state index in [0.29, 0.717) is 13.0 Å². The summed E-state index contributed by atoms with van der Waals surface area (Å²) < 4.78 is 15.6. The highest BCUT2D eigenvalue weighted by molar-refractivity contribution is 7.99. The van der Waals surface area contributed by atoms with Gasteiger partial charge in [-0.1, -0.05) is 6.42 Å². The minimum atomic E-state index is -0.220. The van der Waals surface area contributed by atoms with Crippen molar-refractivity contribution in [1.29, 1.82) is 0 Å². The summed E-state index contributed by atoms with van der Waals surface area (Å²) in [6.45, 7) is 1.48. The van der Waals surface area contributed by atoms with E-state index in [2.05, 4.69) is 14.8 Å². The first-order valence-electron chi connectivity index (χ1n) is 7.36. The minimum Gasteiger partial charge on any atom is -0.330 e. The normalized spacial score (nSPS) is 14.8. The van der Waals surface area contributed by atoms with Gasteiger partial charge in [-0.3, -0.25) is 0 Å². The first-order valence-corrected chi connectivity index (χ1v) is 8.18. The minimum absolute atomic E-state index is 0.220. The fraction of sp³-hybridized carbons (Fsp3) is 0.467. The van der Waals surface area contributed by atoms with Crippen molar-refractivity contribution in [2.45, 2.75) is 48.7 Å². The molecule has 2 heterocycles. The van der Waals surface area contributed by atoms with Gasteiger partial charge in [0.25, 0.3) is 0 Å². The number of halogens is 1. The van der Waals surface area contributed by atoms with Gasteiger partial charge in [0.2, 0.25) is 0 Å². The maximum Gasteiger partial charge on any atom is 0.196 e. The molecule has 2 aromatic rings. The van der Waals surface area contributed by atoms with Crippen LogP contribution in [0.4, 0.5) is 4.39 Å². The third kappa shape index (κ3) is 3.27. The number of benzene rings is 1. The van der Waals surface area contributed by atoms with E-state index in [1.54, 1.807) is 17.8 Å². The molecule has 1 aromatic carbocycles.